The van der Waals surface area contributed by atoms with Gasteiger partial charge in [-0.25, -0.2) is 0 Å². The summed E-state index contributed by atoms with van der Waals surface area (Å²) < 4.78 is 5.77. The number of aromatic nitrogens is 1. The van der Waals surface area contributed by atoms with Crippen LogP contribution < -0.4 is 20.7 Å². The molecule has 7 nitrogen and oxygen atoms in total. The summed E-state index contributed by atoms with van der Waals surface area (Å²) in [6.45, 7) is 1.75. The third-order valence-electron chi connectivity index (χ3n) is 4.01. The normalized spacial score (nSPS) is 16.4. The van der Waals surface area contributed by atoms with Crippen LogP contribution in [0.2, 0.25) is 0 Å². The van der Waals surface area contributed by atoms with Gasteiger partial charge in [0.25, 0.3) is 5.91 Å². The molecular formula is C18H21ClN4O3. The summed E-state index contributed by atoms with van der Waals surface area (Å²) >= 11 is 0. The molecule has 8 heteroatoms. The van der Waals surface area contributed by atoms with Crippen molar-refractivity contribution in [2.45, 2.75) is 25.5 Å². The molecule has 0 saturated heterocycles. The molecule has 1 aromatic heterocycles. The molecule has 2 heterocycles. The van der Waals surface area contributed by atoms with E-state index in [9.17, 15) is 9.59 Å². The molecule has 0 bridgehead atoms. The average molecular weight is 377 g/mol. The Hall–Kier alpha value is -2.64. The first-order valence-electron chi connectivity index (χ1n) is 8.07. The minimum atomic E-state index is -0.662. The Morgan fingerprint density at radius 3 is 2.69 bits per heavy atom. The van der Waals surface area contributed by atoms with E-state index in [0.29, 0.717) is 23.8 Å². The molecular weight excluding hydrogens is 356 g/mol. The van der Waals surface area contributed by atoms with Crippen LogP contribution in [0, 0.1) is 0 Å². The van der Waals surface area contributed by atoms with E-state index in [-0.39, 0.29) is 30.3 Å². The number of fused-ring (bicyclic) bond motifs is 1. The summed E-state index contributed by atoms with van der Waals surface area (Å²) in [4.78, 5) is 28.5. The lowest BCUT2D eigenvalue weighted by Gasteiger charge is -2.25. The standard InChI is InChI=1S/C18H20N4O3.ClH/c1-11(19-2)16(23)21-15-9-8-13-18(22-15)25-14(17(24)20-13)10-12-6-4-3-5-7-12;/h3-9,11,14,19H,10H2,1-2H3,(H,20,24)(H,21,22,23);1H. The number of amides is 2. The largest absolute Gasteiger partial charge is 0.462 e. The number of nitrogens with one attached hydrogen (secondary N) is 3. The molecule has 1 aromatic carbocycles. The second-order valence-electron chi connectivity index (χ2n) is 5.83. The summed E-state index contributed by atoms with van der Waals surface area (Å²) in [5.74, 6) is 0.269. The van der Waals surface area contributed by atoms with Gasteiger partial charge in [-0.05, 0) is 31.7 Å². The second kappa shape index (κ2) is 8.64. The fourth-order valence-corrected chi connectivity index (χ4v) is 2.42. The van der Waals surface area contributed by atoms with Crippen LogP contribution in [0.5, 0.6) is 5.88 Å². The van der Waals surface area contributed by atoms with Gasteiger partial charge in [0.15, 0.2) is 6.10 Å². The Morgan fingerprint density at radius 1 is 1.27 bits per heavy atom. The summed E-state index contributed by atoms with van der Waals surface area (Å²) in [5, 5.41) is 8.37. The lowest BCUT2D eigenvalue weighted by molar-refractivity contribution is -0.123. The third-order valence-corrected chi connectivity index (χ3v) is 4.01. The number of hydrogen-bond donors (Lipinski definition) is 3. The molecule has 2 atom stereocenters. The number of rotatable bonds is 5. The van der Waals surface area contributed by atoms with Gasteiger partial charge in [-0.15, -0.1) is 12.4 Å². The van der Waals surface area contributed by atoms with Crippen LogP contribution in [-0.2, 0) is 16.0 Å². The first-order valence-corrected chi connectivity index (χ1v) is 8.07. The molecule has 0 radical (unpaired) electrons. The fourth-order valence-electron chi connectivity index (χ4n) is 2.42. The number of hydrogen-bond acceptors (Lipinski definition) is 5. The van der Waals surface area contributed by atoms with Crippen LogP contribution >= 0.6 is 12.4 Å². The van der Waals surface area contributed by atoms with E-state index in [1.165, 1.54) is 0 Å². The zero-order valence-electron chi connectivity index (χ0n) is 14.5. The SMILES string of the molecule is CNC(C)C(=O)Nc1ccc2c(n1)OC(Cc1ccccc1)C(=O)N2.Cl. The fraction of sp³-hybridized carbons (Fsp3) is 0.278. The van der Waals surface area contributed by atoms with Crippen molar-refractivity contribution in [1.82, 2.24) is 10.3 Å². The lowest BCUT2D eigenvalue weighted by Crippen LogP contribution is -2.39. The topological polar surface area (TPSA) is 92.3 Å². The van der Waals surface area contributed by atoms with E-state index in [1.54, 1.807) is 26.1 Å². The van der Waals surface area contributed by atoms with Crippen molar-refractivity contribution in [3.8, 4) is 5.88 Å². The molecule has 138 valence electrons. The molecule has 0 saturated carbocycles. The highest BCUT2D eigenvalue weighted by Gasteiger charge is 2.29. The zero-order chi connectivity index (χ0) is 17.8. The summed E-state index contributed by atoms with van der Waals surface area (Å²) in [7, 11) is 1.71. The molecule has 3 N–H and O–H groups in total. The van der Waals surface area contributed by atoms with Gasteiger partial charge in [-0.1, -0.05) is 30.3 Å². The van der Waals surface area contributed by atoms with Crippen LogP contribution in [0.25, 0.3) is 0 Å². The predicted molar refractivity (Wildman–Crippen MR) is 102 cm³/mol. The van der Waals surface area contributed by atoms with Gasteiger partial charge in [0.05, 0.1) is 6.04 Å². The van der Waals surface area contributed by atoms with Gasteiger partial charge in [-0.2, -0.15) is 4.98 Å². The molecule has 0 aliphatic carbocycles. The van der Waals surface area contributed by atoms with Crippen LogP contribution in [-0.4, -0.2) is 36.0 Å². The number of likely N-dealkylation sites (N-methyl/N-ethyl adjacent to an activating group) is 1. The number of carbonyl (C=O) groups excluding carboxylic acids is 2. The van der Waals surface area contributed by atoms with Crippen molar-refractivity contribution < 1.29 is 14.3 Å². The van der Waals surface area contributed by atoms with Crippen molar-refractivity contribution in [2.75, 3.05) is 17.7 Å². The van der Waals surface area contributed by atoms with Gasteiger partial charge < -0.3 is 20.7 Å². The molecule has 1 aliphatic rings. The van der Waals surface area contributed by atoms with E-state index >= 15 is 0 Å². The number of nitrogens with zero attached hydrogens (tertiary/aromatic N) is 1. The summed E-state index contributed by atoms with van der Waals surface area (Å²) in [5.41, 5.74) is 1.49. The van der Waals surface area contributed by atoms with Crippen LogP contribution in [0.1, 0.15) is 12.5 Å². The minimum Gasteiger partial charge on any atom is -0.462 e. The van der Waals surface area contributed by atoms with E-state index in [2.05, 4.69) is 20.9 Å². The quantitative estimate of drug-likeness (QED) is 0.742. The second-order valence-corrected chi connectivity index (χ2v) is 5.83. The van der Waals surface area contributed by atoms with Crippen molar-refractivity contribution in [1.29, 1.82) is 0 Å². The summed E-state index contributed by atoms with van der Waals surface area (Å²) in [6, 6.07) is 12.6. The minimum absolute atomic E-state index is 0. The smallest absolute Gasteiger partial charge is 0.266 e. The summed E-state index contributed by atoms with van der Waals surface area (Å²) in [6.07, 6.45) is -0.217. The first-order chi connectivity index (χ1) is 12.1. The monoisotopic (exact) mass is 376 g/mol. The third kappa shape index (κ3) is 4.50. The number of anilines is 2. The number of ether oxygens (including phenoxy) is 1. The maximum absolute atomic E-state index is 12.2. The molecule has 1 aliphatic heterocycles. The Morgan fingerprint density at radius 2 is 2.00 bits per heavy atom. The van der Waals surface area contributed by atoms with E-state index in [0.717, 1.165) is 5.56 Å². The molecule has 2 amide bonds. The number of pyridine rings is 1. The first kappa shape index (κ1) is 19.7. The van der Waals surface area contributed by atoms with Crippen LogP contribution in [0.3, 0.4) is 0 Å². The Bertz CT molecular complexity index is 785. The maximum atomic E-state index is 12.2. The highest BCUT2D eigenvalue weighted by atomic mass is 35.5. The molecule has 26 heavy (non-hydrogen) atoms. The predicted octanol–water partition coefficient (Wildman–Crippen LogP) is 1.99. The Labute approximate surface area is 157 Å². The van der Waals surface area contributed by atoms with Gasteiger partial charge in [0, 0.05) is 6.42 Å². The average Bonchev–Trinajstić information content (AvgIpc) is 2.62. The van der Waals surface area contributed by atoms with Crippen LogP contribution in [0.15, 0.2) is 42.5 Å². The van der Waals surface area contributed by atoms with Crippen molar-refractivity contribution >= 4 is 35.7 Å². The van der Waals surface area contributed by atoms with Crippen molar-refractivity contribution in [2.24, 2.45) is 0 Å². The highest BCUT2D eigenvalue weighted by molar-refractivity contribution is 5.98. The van der Waals surface area contributed by atoms with Crippen molar-refractivity contribution in [3.63, 3.8) is 0 Å². The van der Waals surface area contributed by atoms with Gasteiger partial charge in [0.1, 0.15) is 11.5 Å². The van der Waals surface area contributed by atoms with Gasteiger partial charge in [-0.3, -0.25) is 9.59 Å². The molecule has 2 unspecified atom stereocenters. The molecule has 0 fully saturated rings. The highest BCUT2D eigenvalue weighted by Crippen LogP contribution is 2.29. The number of halogens is 1. The molecule has 0 spiro atoms. The Kier molecular flexibility index (Phi) is 6.54. The number of carbonyl (C=O) groups is 2. The van der Waals surface area contributed by atoms with Gasteiger partial charge in [0.2, 0.25) is 11.8 Å². The van der Waals surface area contributed by atoms with Crippen molar-refractivity contribution in [3.05, 3.63) is 48.0 Å². The molecule has 3 rings (SSSR count). The van der Waals surface area contributed by atoms with Gasteiger partial charge >= 0.3 is 0 Å². The van der Waals surface area contributed by atoms with E-state index < -0.39 is 6.10 Å². The van der Waals surface area contributed by atoms with E-state index in [4.69, 9.17) is 4.74 Å². The molecule has 2 aromatic rings. The maximum Gasteiger partial charge on any atom is 0.266 e. The van der Waals surface area contributed by atoms with E-state index in [1.807, 2.05) is 30.3 Å². The Balaban J connectivity index is 0.00000243. The van der Waals surface area contributed by atoms with Crippen LogP contribution in [0.4, 0.5) is 11.5 Å². The lowest BCUT2D eigenvalue weighted by atomic mass is 10.1. The zero-order valence-corrected chi connectivity index (χ0v) is 15.3. The number of benzene rings is 1.